The molecule has 0 saturated carbocycles. The summed E-state index contributed by atoms with van der Waals surface area (Å²) in [5, 5.41) is -0.248. The molecule has 1 aliphatic heterocycles. The van der Waals surface area contributed by atoms with E-state index in [0.717, 1.165) is 38.8 Å². The molecular weight excluding hydrogens is 370 g/mol. The molecule has 1 aliphatic rings. The molecule has 5 heteroatoms. The van der Waals surface area contributed by atoms with E-state index in [9.17, 15) is 8.42 Å². The van der Waals surface area contributed by atoms with Crippen molar-refractivity contribution in [1.29, 1.82) is 0 Å². The van der Waals surface area contributed by atoms with Crippen molar-refractivity contribution in [3.05, 3.63) is 29.3 Å². The van der Waals surface area contributed by atoms with Crippen molar-refractivity contribution in [2.24, 2.45) is 0 Å². The van der Waals surface area contributed by atoms with Crippen molar-refractivity contribution in [2.45, 2.75) is 90.6 Å². The molecule has 1 saturated heterocycles. The van der Waals surface area contributed by atoms with Crippen LogP contribution < -0.4 is 4.90 Å². The van der Waals surface area contributed by atoms with Crippen molar-refractivity contribution in [2.75, 3.05) is 23.7 Å². The van der Waals surface area contributed by atoms with Crippen LogP contribution in [0.3, 0.4) is 0 Å². The Morgan fingerprint density at radius 3 is 2.25 bits per heavy atom. The van der Waals surface area contributed by atoms with Crippen LogP contribution in [0.5, 0.6) is 0 Å². The van der Waals surface area contributed by atoms with Crippen molar-refractivity contribution in [1.82, 2.24) is 0 Å². The predicted molar refractivity (Wildman–Crippen MR) is 119 cm³/mol. The summed E-state index contributed by atoms with van der Waals surface area (Å²) in [6.45, 7) is 11.9. The molecule has 28 heavy (non-hydrogen) atoms. The molecule has 1 fully saturated rings. The predicted octanol–water partition coefficient (Wildman–Crippen LogP) is 4.92. The largest absolute Gasteiger partial charge is 0.372 e. The van der Waals surface area contributed by atoms with Gasteiger partial charge in [0.2, 0.25) is 0 Å². The van der Waals surface area contributed by atoms with Crippen LogP contribution in [-0.4, -0.2) is 44.7 Å². The van der Waals surface area contributed by atoms with Crippen LogP contribution in [0, 0.1) is 6.92 Å². The van der Waals surface area contributed by atoms with Gasteiger partial charge in [-0.15, -0.1) is 0 Å². The highest BCUT2D eigenvalue weighted by atomic mass is 32.2. The van der Waals surface area contributed by atoms with Crippen molar-refractivity contribution >= 4 is 15.5 Å². The fourth-order valence-corrected chi connectivity index (χ4v) is 5.01. The lowest BCUT2D eigenvalue weighted by molar-refractivity contribution is -0.00522. The Morgan fingerprint density at radius 1 is 1.04 bits per heavy atom. The third kappa shape index (κ3) is 7.07. The summed E-state index contributed by atoms with van der Waals surface area (Å²) in [6, 6.07) is 6.85. The molecule has 1 aromatic carbocycles. The Morgan fingerprint density at radius 2 is 1.64 bits per heavy atom. The Balaban J connectivity index is 1.72. The smallest absolute Gasteiger partial charge is 0.152 e. The molecule has 1 heterocycles. The fraction of sp³-hybridized carbons (Fsp3) is 0.739. The zero-order chi connectivity index (χ0) is 20.7. The summed E-state index contributed by atoms with van der Waals surface area (Å²) in [5.41, 5.74) is 4.10. The Labute approximate surface area is 172 Å². The van der Waals surface area contributed by atoms with E-state index in [1.165, 1.54) is 29.7 Å². The van der Waals surface area contributed by atoms with Gasteiger partial charge in [0.25, 0.3) is 0 Å². The van der Waals surface area contributed by atoms with Crippen LogP contribution in [0.2, 0.25) is 0 Å². The van der Waals surface area contributed by atoms with E-state index in [1.807, 2.05) is 0 Å². The second-order valence-corrected chi connectivity index (χ2v) is 11.4. The normalized spacial score (nSPS) is 20.7. The van der Waals surface area contributed by atoms with E-state index in [0.29, 0.717) is 5.75 Å². The molecule has 4 nitrogen and oxygen atoms in total. The highest BCUT2D eigenvalue weighted by Gasteiger charge is 2.22. The minimum atomic E-state index is -2.87. The highest BCUT2D eigenvalue weighted by molar-refractivity contribution is 7.91. The number of unbranched alkanes of at least 4 members (excludes halogenated alkanes) is 4. The van der Waals surface area contributed by atoms with Crippen LogP contribution in [-0.2, 0) is 21.0 Å². The number of nitrogens with zero attached hydrogens (tertiary/aromatic N) is 1. The van der Waals surface area contributed by atoms with Crippen LogP contribution in [0.4, 0.5) is 5.69 Å². The topological polar surface area (TPSA) is 46.6 Å². The zero-order valence-corrected chi connectivity index (χ0v) is 19.2. The SMILES string of the molecule is Cc1cc(N2C[C@@H](C)O[C@@H](C)C2)ccc1CCCCCCCS(=O)(=O)C(C)C. The maximum Gasteiger partial charge on any atom is 0.152 e. The highest BCUT2D eigenvalue weighted by Crippen LogP contribution is 2.24. The molecule has 0 aliphatic carbocycles. The molecular formula is C23H39NO3S. The van der Waals surface area contributed by atoms with E-state index < -0.39 is 9.84 Å². The van der Waals surface area contributed by atoms with E-state index in [4.69, 9.17) is 4.74 Å². The molecule has 0 spiro atoms. The number of ether oxygens (including phenoxy) is 1. The molecule has 2 rings (SSSR count). The molecule has 160 valence electrons. The van der Waals surface area contributed by atoms with Gasteiger partial charge in [-0.1, -0.05) is 25.3 Å². The fourth-order valence-electron chi connectivity index (χ4n) is 3.93. The van der Waals surface area contributed by atoms with Crippen LogP contribution in [0.1, 0.15) is 70.9 Å². The summed E-state index contributed by atoms with van der Waals surface area (Å²) in [4.78, 5) is 2.43. The summed E-state index contributed by atoms with van der Waals surface area (Å²) >= 11 is 0. The minimum Gasteiger partial charge on any atom is -0.372 e. The standard InChI is InChI=1S/C23H39NO3S/c1-18(2)28(25,26)14-10-8-6-7-9-11-22-12-13-23(15-19(22)3)24-16-20(4)27-21(5)17-24/h12-13,15,18,20-21H,6-11,14,16-17H2,1-5H3/t20-,21+. The van der Waals surface area contributed by atoms with Gasteiger partial charge in [-0.05, 0) is 77.1 Å². The number of hydrogen-bond donors (Lipinski definition) is 0. The lowest BCUT2D eigenvalue weighted by Gasteiger charge is -2.37. The summed E-state index contributed by atoms with van der Waals surface area (Å²) < 4.78 is 29.5. The molecule has 0 unspecified atom stereocenters. The lowest BCUT2D eigenvalue weighted by Crippen LogP contribution is -2.45. The molecule has 0 radical (unpaired) electrons. The number of aryl methyl sites for hydroxylation is 2. The molecule has 1 aromatic rings. The van der Waals surface area contributed by atoms with Gasteiger partial charge < -0.3 is 9.64 Å². The lowest BCUT2D eigenvalue weighted by atomic mass is 10.0. The molecule has 0 N–H and O–H groups in total. The number of sulfone groups is 1. The molecule has 0 bridgehead atoms. The average molecular weight is 410 g/mol. The van der Waals surface area contributed by atoms with Crippen molar-refractivity contribution in [3.8, 4) is 0 Å². The van der Waals surface area contributed by atoms with Gasteiger partial charge in [0.05, 0.1) is 23.2 Å². The number of anilines is 1. The first-order chi connectivity index (χ1) is 13.2. The third-order valence-electron chi connectivity index (χ3n) is 5.70. The minimum absolute atomic E-state index is 0.248. The molecule has 2 atom stereocenters. The van der Waals surface area contributed by atoms with Crippen molar-refractivity contribution in [3.63, 3.8) is 0 Å². The summed E-state index contributed by atoms with van der Waals surface area (Å²) in [7, 11) is -2.87. The maximum absolute atomic E-state index is 11.8. The second kappa shape index (κ2) is 10.6. The Kier molecular flexibility index (Phi) is 8.81. The van der Waals surface area contributed by atoms with Crippen LogP contribution in [0.25, 0.3) is 0 Å². The first-order valence-electron chi connectivity index (χ1n) is 10.9. The number of hydrogen-bond acceptors (Lipinski definition) is 4. The first kappa shape index (κ1) is 23.2. The van der Waals surface area contributed by atoms with Gasteiger partial charge in [0.1, 0.15) is 0 Å². The maximum atomic E-state index is 11.8. The number of morpholine rings is 1. The second-order valence-electron chi connectivity index (χ2n) is 8.71. The van der Waals surface area contributed by atoms with E-state index in [2.05, 4.69) is 43.9 Å². The van der Waals surface area contributed by atoms with Crippen molar-refractivity contribution < 1.29 is 13.2 Å². The zero-order valence-electron chi connectivity index (χ0n) is 18.4. The van der Waals surface area contributed by atoms with Gasteiger partial charge in [0.15, 0.2) is 9.84 Å². The Bertz CT molecular complexity index is 705. The number of benzene rings is 1. The molecule has 0 amide bonds. The van der Waals surface area contributed by atoms with Crippen LogP contribution in [0.15, 0.2) is 18.2 Å². The van der Waals surface area contributed by atoms with Gasteiger partial charge in [-0.25, -0.2) is 8.42 Å². The monoisotopic (exact) mass is 409 g/mol. The quantitative estimate of drug-likeness (QED) is 0.514. The summed E-state index contributed by atoms with van der Waals surface area (Å²) in [5.74, 6) is 0.337. The van der Waals surface area contributed by atoms with Gasteiger partial charge in [0, 0.05) is 18.8 Å². The molecule has 0 aromatic heterocycles. The van der Waals surface area contributed by atoms with E-state index >= 15 is 0 Å². The number of rotatable bonds is 10. The first-order valence-corrected chi connectivity index (χ1v) is 12.6. The van der Waals surface area contributed by atoms with Gasteiger partial charge >= 0.3 is 0 Å². The van der Waals surface area contributed by atoms with Crippen LogP contribution >= 0.6 is 0 Å². The Hall–Kier alpha value is -1.07. The average Bonchev–Trinajstić information content (AvgIpc) is 2.61. The summed E-state index contributed by atoms with van der Waals surface area (Å²) in [6.07, 6.45) is 6.92. The third-order valence-corrected chi connectivity index (χ3v) is 8.00. The van der Waals surface area contributed by atoms with Gasteiger partial charge in [-0.2, -0.15) is 0 Å². The van der Waals surface area contributed by atoms with E-state index in [-0.39, 0.29) is 17.5 Å². The van der Waals surface area contributed by atoms with E-state index in [1.54, 1.807) is 13.8 Å². The van der Waals surface area contributed by atoms with Gasteiger partial charge in [-0.3, -0.25) is 0 Å².